The van der Waals surface area contributed by atoms with Crippen molar-refractivity contribution in [3.05, 3.63) is 64.7 Å². The van der Waals surface area contributed by atoms with Gasteiger partial charge in [-0.3, -0.25) is 9.59 Å². The molecule has 0 unspecified atom stereocenters. The molecular weight excluding hydrogens is 350 g/mol. The van der Waals surface area contributed by atoms with Gasteiger partial charge in [-0.1, -0.05) is 29.8 Å². The number of nitrogens with zero attached hydrogens (tertiary/aromatic N) is 1. The monoisotopic (exact) mass is 366 g/mol. The Morgan fingerprint density at radius 3 is 2.24 bits per heavy atom. The van der Waals surface area contributed by atoms with E-state index in [1.54, 1.807) is 12.1 Å². The maximum Gasteiger partial charge on any atom is 0.244 e. The Hall–Kier alpha value is -2.47. The first-order valence-electron chi connectivity index (χ1n) is 7.60. The fraction of sp³-hybridized carbons (Fsp3) is 0.222. The second-order valence-electron chi connectivity index (χ2n) is 5.46. The Morgan fingerprint density at radius 2 is 1.68 bits per heavy atom. The van der Waals surface area contributed by atoms with Gasteiger partial charge < -0.3 is 10.2 Å². The number of hydrogen-bond donors (Lipinski definition) is 1. The van der Waals surface area contributed by atoms with E-state index >= 15 is 0 Å². The summed E-state index contributed by atoms with van der Waals surface area (Å²) in [7, 11) is 0. The SMILES string of the molecule is CC(=O)N(CCc1ccc(Cl)cc1)CC(=O)Nc1c(F)cccc1F. The molecule has 2 aromatic carbocycles. The lowest BCUT2D eigenvalue weighted by atomic mass is 10.1. The molecule has 7 heteroatoms. The van der Waals surface area contributed by atoms with E-state index in [2.05, 4.69) is 5.32 Å². The first kappa shape index (κ1) is 18.9. The molecule has 0 saturated carbocycles. The van der Waals surface area contributed by atoms with Gasteiger partial charge in [-0.2, -0.15) is 0 Å². The van der Waals surface area contributed by atoms with Crippen LogP contribution in [0.25, 0.3) is 0 Å². The van der Waals surface area contributed by atoms with Crippen molar-refractivity contribution in [1.82, 2.24) is 4.90 Å². The van der Waals surface area contributed by atoms with Gasteiger partial charge in [-0.15, -0.1) is 0 Å². The van der Waals surface area contributed by atoms with E-state index in [9.17, 15) is 18.4 Å². The van der Waals surface area contributed by atoms with Crippen LogP contribution in [0.4, 0.5) is 14.5 Å². The van der Waals surface area contributed by atoms with Crippen molar-refractivity contribution in [2.75, 3.05) is 18.4 Å². The third-order valence-corrected chi connectivity index (χ3v) is 3.84. The number of anilines is 1. The lowest BCUT2D eigenvalue weighted by molar-refractivity contribution is -0.132. The number of halogens is 3. The Balaban J connectivity index is 1.97. The highest BCUT2D eigenvalue weighted by atomic mass is 35.5. The molecule has 0 aliphatic heterocycles. The number of amides is 2. The van der Waals surface area contributed by atoms with Gasteiger partial charge in [0.25, 0.3) is 0 Å². The third kappa shape index (κ3) is 5.53. The van der Waals surface area contributed by atoms with Crippen molar-refractivity contribution >= 4 is 29.1 Å². The minimum Gasteiger partial charge on any atom is -0.333 e. The molecule has 0 radical (unpaired) electrons. The molecule has 0 atom stereocenters. The summed E-state index contributed by atoms with van der Waals surface area (Å²) in [6.07, 6.45) is 0.526. The summed E-state index contributed by atoms with van der Waals surface area (Å²) in [6.45, 7) is 1.33. The summed E-state index contributed by atoms with van der Waals surface area (Å²) in [5, 5.41) is 2.78. The molecule has 2 rings (SSSR count). The minimum atomic E-state index is -0.871. The summed E-state index contributed by atoms with van der Waals surface area (Å²) in [4.78, 5) is 25.1. The number of para-hydroxylation sites is 1. The number of rotatable bonds is 6. The molecule has 0 heterocycles. The van der Waals surface area contributed by atoms with Crippen LogP contribution in [0.5, 0.6) is 0 Å². The quantitative estimate of drug-likeness (QED) is 0.848. The summed E-state index contributed by atoms with van der Waals surface area (Å²) in [5.74, 6) is -2.72. The van der Waals surface area contributed by atoms with Crippen molar-refractivity contribution in [3.8, 4) is 0 Å². The van der Waals surface area contributed by atoms with Crippen LogP contribution < -0.4 is 5.32 Å². The molecule has 2 amide bonds. The molecule has 0 fully saturated rings. The predicted molar refractivity (Wildman–Crippen MR) is 92.4 cm³/mol. The number of nitrogens with one attached hydrogen (secondary N) is 1. The molecular formula is C18H17ClF2N2O2. The fourth-order valence-corrected chi connectivity index (χ4v) is 2.36. The lowest BCUT2D eigenvalue weighted by Gasteiger charge is -2.20. The molecule has 132 valence electrons. The van der Waals surface area contributed by atoms with Crippen LogP contribution in [-0.4, -0.2) is 29.8 Å². The van der Waals surface area contributed by atoms with E-state index < -0.39 is 23.2 Å². The molecule has 0 aromatic heterocycles. The van der Waals surface area contributed by atoms with Gasteiger partial charge in [0.2, 0.25) is 11.8 Å². The molecule has 25 heavy (non-hydrogen) atoms. The van der Waals surface area contributed by atoms with Gasteiger partial charge >= 0.3 is 0 Å². The average molecular weight is 367 g/mol. The van der Waals surface area contributed by atoms with Gasteiger partial charge in [0.1, 0.15) is 17.3 Å². The van der Waals surface area contributed by atoms with Gasteiger partial charge in [-0.25, -0.2) is 8.78 Å². The van der Waals surface area contributed by atoms with Gasteiger partial charge in [-0.05, 0) is 36.2 Å². The number of carbonyl (C=O) groups excluding carboxylic acids is 2. The molecule has 2 aromatic rings. The third-order valence-electron chi connectivity index (χ3n) is 3.59. The van der Waals surface area contributed by atoms with Crippen LogP contribution in [0.1, 0.15) is 12.5 Å². The topological polar surface area (TPSA) is 49.4 Å². The fourth-order valence-electron chi connectivity index (χ4n) is 2.23. The van der Waals surface area contributed by atoms with E-state index in [0.29, 0.717) is 18.0 Å². The van der Waals surface area contributed by atoms with Crippen LogP contribution >= 0.6 is 11.6 Å². The van der Waals surface area contributed by atoms with E-state index in [4.69, 9.17) is 11.6 Å². The second kappa shape index (κ2) is 8.58. The first-order chi connectivity index (χ1) is 11.9. The van der Waals surface area contributed by atoms with E-state index in [0.717, 1.165) is 17.7 Å². The smallest absolute Gasteiger partial charge is 0.244 e. The van der Waals surface area contributed by atoms with E-state index in [1.807, 2.05) is 12.1 Å². The number of hydrogen-bond acceptors (Lipinski definition) is 2. The van der Waals surface area contributed by atoms with Crippen LogP contribution in [0.2, 0.25) is 5.02 Å². The summed E-state index contributed by atoms with van der Waals surface area (Å²) in [5.41, 5.74) is 0.435. The zero-order chi connectivity index (χ0) is 18.4. The Kier molecular flexibility index (Phi) is 6.47. The minimum absolute atomic E-state index is 0.295. The van der Waals surface area contributed by atoms with Crippen LogP contribution in [0.15, 0.2) is 42.5 Å². The highest BCUT2D eigenvalue weighted by molar-refractivity contribution is 6.30. The maximum atomic E-state index is 13.6. The molecule has 4 nitrogen and oxygen atoms in total. The van der Waals surface area contributed by atoms with E-state index in [-0.39, 0.29) is 12.5 Å². The molecule has 0 aliphatic rings. The molecule has 0 saturated heterocycles. The molecule has 0 spiro atoms. The zero-order valence-corrected chi connectivity index (χ0v) is 14.3. The Bertz CT molecular complexity index is 746. The van der Waals surface area contributed by atoms with Gasteiger partial charge in [0.05, 0.1) is 6.54 Å². The van der Waals surface area contributed by atoms with Crippen LogP contribution in [0.3, 0.4) is 0 Å². The molecule has 0 aliphatic carbocycles. The van der Waals surface area contributed by atoms with Crippen LogP contribution in [0, 0.1) is 11.6 Å². The standard InChI is InChI=1S/C18H17ClF2N2O2/c1-12(24)23(10-9-13-5-7-14(19)8-6-13)11-17(25)22-18-15(20)3-2-4-16(18)21/h2-8H,9-11H2,1H3,(H,22,25). The normalized spacial score (nSPS) is 10.4. The maximum absolute atomic E-state index is 13.6. The number of benzene rings is 2. The Labute approximate surface area is 149 Å². The van der Waals surface area contributed by atoms with Gasteiger partial charge in [0.15, 0.2) is 0 Å². The Morgan fingerprint density at radius 1 is 1.08 bits per heavy atom. The highest BCUT2D eigenvalue weighted by Gasteiger charge is 2.17. The number of carbonyl (C=O) groups is 2. The average Bonchev–Trinajstić information content (AvgIpc) is 2.56. The lowest BCUT2D eigenvalue weighted by Crippen LogP contribution is -2.38. The summed E-state index contributed by atoms with van der Waals surface area (Å²) in [6, 6.07) is 10.4. The second-order valence-corrected chi connectivity index (χ2v) is 5.90. The summed E-state index contributed by atoms with van der Waals surface area (Å²) >= 11 is 5.82. The van der Waals surface area contributed by atoms with Crippen molar-refractivity contribution < 1.29 is 18.4 Å². The molecule has 1 N–H and O–H groups in total. The van der Waals surface area contributed by atoms with Gasteiger partial charge in [0, 0.05) is 18.5 Å². The highest BCUT2D eigenvalue weighted by Crippen LogP contribution is 2.18. The van der Waals surface area contributed by atoms with E-state index in [1.165, 1.54) is 17.9 Å². The van der Waals surface area contributed by atoms with Crippen molar-refractivity contribution in [3.63, 3.8) is 0 Å². The van der Waals surface area contributed by atoms with Crippen molar-refractivity contribution in [2.45, 2.75) is 13.3 Å². The zero-order valence-electron chi connectivity index (χ0n) is 13.6. The summed E-state index contributed by atoms with van der Waals surface area (Å²) < 4.78 is 27.1. The first-order valence-corrected chi connectivity index (χ1v) is 7.98. The van der Waals surface area contributed by atoms with Crippen LogP contribution in [-0.2, 0) is 16.0 Å². The van der Waals surface area contributed by atoms with Crippen molar-refractivity contribution in [2.24, 2.45) is 0 Å². The van der Waals surface area contributed by atoms with Crippen molar-refractivity contribution in [1.29, 1.82) is 0 Å². The largest absolute Gasteiger partial charge is 0.333 e. The predicted octanol–water partition coefficient (Wildman–Crippen LogP) is 3.65. The molecule has 0 bridgehead atoms.